The second kappa shape index (κ2) is 9.20. The number of nitrogen functional groups attached to an aromatic ring is 1. The zero-order chi connectivity index (χ0) is 22.6. The van der Waals surface area contributed by atoms with Crippen LogP contribution in [0.3, 0.4) is 0 Å². The highest BCUT2D eigenvalue weighted by Crippen LogP contribution is 2.24. The van der Waals surface area contributed by atoms with Gasteiger partial charge in [0.15, 0.2) is 0 Å². The van der Waals surface area contributed by atoms with Crippen LogP contribution in [0.15, 0.2) is 30.5 Å². The summed E-state index contributed by atoms with van der Waals surface area (Å²) in [5.41, 5.74) is 6.16. The van der Waals surface area contributed by atoms with Crippen molar-refractivity contribution >= 4 is 23.6 Å². The average molecular weight is 428 g/mol. The number of nitrogens with two attached hydrogens (primary N) is 1. The topological polar surface area (TPSA) is 120 Å². The Balaban J connectivity index is 1.61. The van der Waals surface area contributed by atoms with Gasteiger partial charge in [-0.1, -0.05) is 12.1 Å². The number of nitrogens with zero attached hydrogens (tertiary/aromatic N) is 3. The number of likely N-dealkylation sites (tertiary alicyclic amines) is 1. The standard InChI is InChI=1S/C22H29N5O4/c1-22(2,3)31-21(29)27-11-9-14(10-12-27)25-20-24-13-16(19(23)26-20)18(28)15-7-5-6-8-17(15)30-4/h5-8,13-14H,9-12H2,1-4H3,(H3,23,24,25,26). The smallest absolute Gasteiger partial charge is 0.410 e. The molecule has 0 atom stereocenters. The van der Waals surface area contributed by atoms with Gasteiger partial charge in [-0.3, -0.25) is 4.79 Å². The summed E-state index contributed by atoms with van der Waals surface area (Å²) >= 11 is 0. The van der Waals surface area contributed by atoms with Crippen molar-refractivity contribution in [2.45, 2.75) is 45.3 Å². The number of anilines is 2. The number of rotatable bonds is 5. The first-order chi connectivity index (χ1) is 14.7. The summed E-state index contributed by atoms with van der Waals surface area (Å²) in [5, 5.41) is 3.24. The van der Waals surface area contributed by atoms with Crippen molar-refractivity contribution in [3.63, 3.8) is 0 Å². The number of ether oxygens (including phenoxy) is 2. The fourth-order valence-electron chi connectivity index (χ4n) is 3.33. The molecule has 1 saturated heterocycles. The number of amides is 1. The zero-order valence-corrected chi connectivity index (χ0v) is 18.3. The van der Waals surface area contributed by atoms with E-state index in [-0.39, 0.29) is 29.3 Å². The minimum atomic E-state index is -0.513. The molecule has 1 fully saturated rings. The molecule has 0 bridgehead atoms. The Labute approximate surface area is 182 Å². The maximum atomic E-state index is 12.8. The molecule has 9 heteroatoms. The Kier molecular flexibility index (Phi) is 6.62. The van der Waals surface area contributed by atoms with Crippen LogP contribution in [0.25, 0.3) is 0 Å². The van der Waals surface area contributed by atoms with E-state index in [1.807, 2.05) is 20.8 Å². The maximum absolute atomic E-state index is 12.8. The number of piperidine rings is 1. The van der Waals surface area contributed by atoms with Gasteiger partial charge >= 0.3 is 6.09 Å². The largest absolute Gasteiger partial charge is 0.496 e. The molecule has 2 aromatic rings. The Morgan fingerprint density at radius 2 is 1.84 bits per heavy atom. The van der Waals surface area contributed by atoms with Gasteiger partial charge in [0, 0.05) is 25.3 Å². The molecular weight excluding hydrogens is 398 g/mol. The monoisotopic (exact) mass is 427 g/mol. The van der Waals surface area contributed by atoms with Gasteiger partial charge < -0.3 is 25.4 Å². The van der Waals surface area contributed by atoms with Crippen LogP contribution in [-0.2, 0) is 4.74 Å². The van der Waals surface area contributed by atoms with E-state index in [4.69, 9.17) is 15.2 Å². The number of hydrogen-bond acceptors (Lipinski definition) is 8. The Morgan fingerprint density at radius 3 is 2.45 bits per heavy atom. The number of methoxy groups -OCH3 is 1. The molecule has 0 spiro atoms. The summed E-state index contributed by atoms with van der Waals surface area (Å²) in [7, 11) is 1.51. The van der Waals surface area contributed by atoms with E-state index in [1.165, 1.54) is 13.3 Å². The van der Waals surface area contributed by atoms with E-state index in [0.29, 0.717) is 30.4 Å². The third-order valence-corrected chi connectivity index (χ3v) is 4.89. The van der Waals surface area contributed by atoms with E-state index < -0.39 is 5.60 Å². The second-order valence-corrected chi connectivity index (χ2v) is 8.41. The van der Waals surface area contributed by atoms with Crippen LogP contribution in [0.1, 0.15) is 49.5 Å². The van der Waals surface area contributed by atoms with Crippen LogP contribution in [0.5, 0.6) is 5.75 Å². The Bertz CT molecular complexity index is 949. The molecule has 1 aliphatic heterocycles. The number of carbonyl (C=O) groups excluding carboxylic acids is 2. The second-order valence-electron chi connectivity index (χ2n) is 8.41. The summed E-state index contributed by atoms with van der Waals surface area (Å²) in [6.07, 6.45) is 2.58. The number of carbonyl (C=O) groups is 2. The highest BCUT2D eigenvalue weighted by Gasteiger charge is 2.27. The minimum absolute atomic E-state index is 0.0915. The molecule has 0 unspecified atom stereocenters. The van der Waals surface area contributed by atoms with Crippen molar-refractivity contribution in [3.8, 4) is 5.75 Å². The number of aromatic nitrogens is 2. The SMILES string of the molecule is COc1ccccc1C(=O)c1cnc(NC2CCN(C(=O)OC(C)(C)C)CC2)nc1N. The molecule has 3 N–H and O–H groups in total. The van der Waals surface area contributed by atoms with Crippen molar-refractivity contribution in [1.29, 1.82) is 0 Å². The van der Waals surface area contributed by atoms with Gasteiger partial charge in [0.25, 0.3) is 0 Å². The lowest BCUT2D eigenvalue weighted by Crippen LogP contribution is -2.44. The number of para-hydroxylation sites is 1. The molecule has 2 heterocycles. The van der Waals surface area contributed by atoms with Crippen LogP contribution in [0.2, 0.25) is 0 Å². The van der Waals surface area contributed by atoms with Gasteiger partial charge in [-0.15, -0.1) is 0 Å². The van der Waals surface area contributed by atoms with Gasteiger partial charge in [-0.05, 0) is 45.7 Å². The van der Waals surface area contributed by atoms with Gasteiger partial charge in [0.2, 0.25) is 11.7 Å². The first kappa shape index (κ1) is 22.3. The predicted molar refractivity (Wildman–Crippen MR) is 117 cm³/mol. The fourth-order valence-corrected chi connectivity index (χ4v) is 3.33. The van der Waals surface area contributed by atoms with E-state index >= 15 is 0 Å². The highest BCUT2D eigenvalue weighted by atomic mass is 16.6. The summed E-state index contributed by atoms with van der Waals surface area (Å²) < 4.78 is 10.7. The van der Waals surface area contributed by atoms with E-state index in [0.717, 1.165) is 12.8 Å². The molecule has 0 aliphatic carbocycles. The van der Waals surface area contributed by atoms with Crippen molar-refractivity contribution in [2.75, 3.05) is 31.2 Å². The van der Waals surface area contributed by atoms with Gasteiger partial charge in [0.05, 0.1) is 18.2 Å². The lowest BCUT2D eigenvalue weighted by atomic mass is 10.0. The first-order valence-corrected chi connectivity index (χ1v) is 10.2. The summed E-state index contributed by atoms with van der Waals surface area (Å²) in [4.78, 5) is 35.3. The van der Waals surface area contributed by atoms with Gasteiger partial charge in [-0.25, -0.2) is 9.78 Å². The van der Waals surface area contributed by atoms with Crippen LogP contribution in [0.4, 0.5) is 16.6 Å². The molecule has 1 aromatic carbocycles. The summed E-state index contributed by atoms with van der Waals surface area (Å²) in [6.45, 7) is 6.70. The zero-order valence-electron chi connectivity index (χ0n) is 18.3. The molecular formula is C22H29N5O4. The first-order valence-electron chi connectivity index (χ1n) is 10.2. The summed E-state index contributed by atoms with van der Waals surface area (Å²) in [6, 6.07) is 7.02. The quantitative estimate of drug-likeness (QED) is 0.699. The van der Waals surface area contributed by atoms with Crippen LogP contribution < -0.4 is 15.8 Å². The number of nitrogens with one attached hydrogen (secondary N) is 1. The lowest BCUT2D eigenvalue weighted by molar-refractivity contribution is 0.0210. The van der Waals surface area contributed by atoms with Crippen molar-refractivity contribution in [1.82, 2.24) is 14.9 Å². The average Bonchev–Trinajstić information content (AvgIpc) is 2.72. The van der Waals surface area contributed by atoms with Gasteiger partial charge in [0.1, 0.15) is 17.2 Å². The van der Waals surface area contributed by atoms with E-state index in [9.17, 15) is 9.59 Å². The maximum Gasteiger partial charge on any atom is 0.410 e. The predicted octanol–water partition coefficient (Wildman–Crippen LogP) is 3.11. The van der Waals surface area contributed by atoms with Crippen molar-refractivity contribution in [3.05, 3.63) is 41.6 Å². The fraction of sp³-hybridized carbons (Fsp3) is 0.455. The molecule has 1 amide bonds. The highest BCUT2D eigenvalue weighted by molar-refractivity contribution is 6.13. The van der Waals surface area contributed by atoms with Crippen LogP contribution >= 0.6 is 0 Å². The van der Waals surface area contributed by atoms with Crippen LogP contribution in [0, 0.1) is 0 Å². The molecule has 9 nitrogen and oxygen atoms in total. The lowest BCUT2D eigenvalue weighted by Gasteiger charge is -2.33. The minimum Gasteiger partial charge on any atom is -0.496 e. The van der Waals surface area contributed by atoms with Gasteiger partial charge in [-0.2, -0.15) is 4.98 Å². The number of hydrogen-bond donors (Lipinski definition) is 2. The van der Waals surface area contributed by atoms with Crippen molar-refractivity contribution < 1.29 is 19.1 Å². The number of benzene rings is 1. The normalized spacial score (nSPS) is 14.8. The molecule has 0 radical (unpaired) electrons. The van der Waals surface area contributed by atoms with Crippen molar-refractivity contribution in [2.24, 2.45) is 0 Å². The molecule has 1 aliphatic rings. The molecule has 166 valence electrons. The molecule has 3 rings (SSSR count). The summed E-state index contributed by atoms with van der Waals surface area (Å²) in [5.74, 6) is 0.613. The third kappa shape index (κ3) is 5.62. The molecule has 0 saturated carbocycles. The Hall–Kier alpha value is -3.36. The molecule has 1 aromatic heterocycles. The molecule has 31 heavy (non-hydrogen) atoms. The third-order valence-electron chi connectivity index (χ3n) is 4.89. The van der Waals surface area contributed by atoms with E-state index in [1.54, 1.807) is 29.2 Å². The Morgan fingerprint density at radius 1 is 1.16 bits per heavy atom. The number of ketones is 1. The van der Waals surface area contributed by atoms with Crippen LogP contribution in [-0.4, -0.2) is 58.6 Å². The van der Waals surface area contributed by atoms with E-state index in [2.05, 4.69) is 15.3 Å².